The summed E-state index contributed by atoms with van der Waals surface area (Å²) in [7, 11) is 0. The van der Waals surface area contributed by atoms with Gasteiger partial charge in [-0.15, -0.1) is 0 Å². The second-order valence-corrected chi connectivity index (χ2v) is 4.25. The van der Waals surface area contributed by atoms with Crippen LogP contribution in [0.3, 0.4) is 0 Å². The first-order valence-electron chi connectivity index (χ1n) is 4.43. The van der Waals surface area contributed by atoms with Crippen molar-refractivity contribution in [3.63, 3.8) is 0 Å². The minimum absolute atomic E-state index is 0.0342. The molecule has 0 bridgehead atoms. The zero-order chi connectivity index (χ0) is 12.1. The molecule has 0 saturated carbocycles. The van der Waals surface area contributed by atoms with E-state index < -0.39 is 17.4 Å². The lowest BCUT2D eigenvalue weighted by Crippen LogP contribution is -2.12. The Bertz CT molecular complexity index is 400. The molecule has 7 heteroatoms. The van der Waals surface area contributed by atoms with Crippen LogP contribution in [0.2, 0.25) is 0 Å². The molecule has 0 fully saturated rings. The number of alkyl halides is 1. The molecule has 0 aromatic rings. The molecule has 1 rings (SSSR count). The highest BCUT2D eigenvalue weighted by molar-refractivity contribution is 9.09. The lowest BCUT2D eigenvalue weighted by molar-refractivity contribution is -0.462. The van der Waals surface area contributed by atoms with Gasteiger partial charge >= 0.3 is 5.97 Å². The van der Waals surface area contributed by atoms with Crippen LogP contribution in [0.25, 0.3) is 0 Å². The van der Waals surface area contributed by atoms with Gasteiger partial charge in [0, 0.05) is 9.75 Å². The molecule has 0 saturated heterocycles. The molecule has 0 aromatic heterocycles. The van der Waals surface area contributed by atoms with E-state index >= 15 is 0 Å². The van der Waals surface area contributed by atoms with Gasteiger partial charge in [0.15, 0.2) is 0 Å². The van der Waals surface area contributed by atoms with Crippen LogP contribution in [0, 0.1) is 10.1 Å². The van der Waals surface area contributed by atoms with Crippen LogP contribution in [0.1, 0.15) is 6.42 Å². The first-order chi connectivity index (χ1) is 7.50. The van der Waals surface area contributed by atoms with Crippen LogP contribution in [0.5, 0.6) is 0 Å². The molecule has 0 radical (unpaired) electrons. The number of allylic oxidation sites excluding steroid dienone is 2. The Hall–Kier alpha value is -1.50. The van der Waals surface area contributed by atoms with Crippen molar-refractivity contribution in [3.8, 4) is 0 Å². The van der Waals surface area contributed by atoms with E-state index in [1.54, 1.807) is 12.2 Å². The van der Waals surface area contributed by atoms with Gasteiger partial charge in [-0.1, -0.05) is 22.0 Å². The van der Waals surface area contributed by atoms with Gasteiger partial charge in [-0.2, -0.15) is 0 Å². The number of aliphatic imine (C=N–C) groups is 1. The number of hydrogen-bond donors (Lipinski definition) is 1. The third-order valence-electron chi connectivity index (χ3n) is 1.89. The van der Waals surface area contributed by atoms with E-state index in [-0.39, 0.29) is 16.1 Å². The average Bonchev–Trinajstić information content (AvgIpc) is 2.19. The van der Waals surface area contributed by atoms with Gasteiger partial charge in [0.05, 0.1) is 17.5 Å². The number of aliphatic carboxylic acids is 1. The van der Waals surface area contributed by atoms with E-state index in [0.717, 1.165) is 6.21 Å². The third-order valence-corrected chi connectivity index (χ3v) is 2.52. The molecule has 1 aliphatic rings. The van der Waals surface area contributed by atoms with Crippen molar-refractivity contribution >= 4 is 28.1 Å². The lowest BCUT2D eigenvalue weighted by Gasteiger charge is -2.12. The highest BCUT2D eigenvalue weighted by Crippen LogP contribution is 2.24. The largest absolute Gasteiger partial charge is 0.478 e. The van der Waals surface area contributed by atoms with E-state index in [9.17, 15) is 14.9 Å². The Balaban J connectivity index is 2.85. The number of rotatable bonds is 4. The van der Waals surface area contributed by atoms with Crippen molar-refractivity contribution in [2.24, 2.45) is 4.99 Å². The maximum atomic E-state index is 10.9. The fraction of sp³-hybridized carbons (Fsp3) is 0.333. The summed E-state index contributed by atoms with van der Waals surface area (Å²) in [6, 6.07) is 0. The Morgan fingerprint density at radius 1 is 1.81 bits per heavy atom. The van der Waals surface area contributed by atoms with Crippen LogP contribution in [-0.2, 0) is 4.79 Å². The van der Waals surface area contributed by atoms with Crippen molar-refractivity contribution in [2.75, 3.05) is 6.54 Å². The monoisotopic (exact) mass is 288 g/mol. The quantitative estimate of drug-likeness (QED) is 0.366. The number of halogens is 1. The van der Waals surface area contributed by atoms with Gasteiger partial charge < -0.3 is 5.11 Å². The van der Waals surface area contributed by atoms with Crippen molar-refractivity contribution in [1.29, 1.82) is 0 Å². The van der Waals surface area contributed by atoms with Gasteiger partial charge in [0.2, 0.25) is 6.54 Å². The van der Waals surface area contributed by atoms with E-state index in [1.807, 2.05) is 0 Å². The lowest BCUT2D eigenvalue weighted by atomic mass is 10.0. The van der Waals surface area contributed by atoms with Crippen LogP contribution in [-0.4, -0.2) is 33.6 Å². The van der Waals surface area contributed by atoms with Gasteiger partial charge in [0.1, 0.15) is 0 Å². The van der Waals surface area contributed by atoms with Crippen molar-refractivity contribution in [2.45, 2.75) is 11.2 Å². The Morgan fingerprint density at radius 2 is 2.50 bits per heavy atom. The molecule has 1 aliphatic carbocycles. The summed E-state index contributed by atoms with van der Waals surface area (Å²) in [5, 5.41) is 19.0. The predicted octanol–water partition coefficient (Wildman–Crippen LogP) is 1.40. The summed E-state index contributed by atoms with van der Waals surface area (Å²) >= 11 is 3.27. The highest BCUT2D eigenvalue weighted by Gasteiger charge is 2.19. The number of carboxylic acid groups (broad SMARTS) is 1. The minimum Gasteiger partial charge on any atom is -0.478 e. The maximum absolute atomic E-state index is 10.9. The number of nitrogens with zero attached hydrogens (tertiary/aromatic N) is 2. The van der Waals surface area contributed by atoms with E-state index in [2.05, 4.69) is 20.9 Å². The second kappa shape index (κ2) is 5.55. The normalized spacial score (nSPS) is 20.4. The number of hydrogen-bond acceptors (Lipinski definition) is 4. The van der Waals surface area contributed by atoms with Crippen molar-refractivity contribution in [3.05, 3.63) is 33.5 Å². The smallest absolute Gasteiger partial charge is 0.333 e. The molecule has 0 heterocycles. The zero-order valence-corrected chi connectivity index (χ0v) is 9.75. The topological polar surface area (TPSA) is 92.8 Å². The third kappa shape index (κ3) is 3.58. The molecule has 1 N–H and O–H groups in total. The SMILES string of the molecule is O=C(O)C1=C(N=CC[N+](=O)[O-])C=CC(Br)C1. The first-order valence-corrected chi connectivity index (χ1v) is 5.35. The summed E-state index contributed by atoms with van der Waals surface area (Å²) in [5.74, 6) is -1.05. The van der Waals surface area contributed by atoms with Crippen LogP contribution in [0.15, 0.2) is 28.4 Å². The highest BCUT2D eigenvalue weighted by atomic mass is 79.9. The van der Waals surface area contributed by atoms with Gasteiger partial charge in [-0.05, 0) is 12.5 Å². The summed E-state index contributed by atoms with van der Waals surface area (Å²) in [6.45, 7) is -0.415. The van der Waals surface area contributed by atoms with Gasteiger partial charge in [-0.3, -0.25) is 15.1 Å². The Morgan fingerprint density at radius 3 is 3.06 bits per heavy atom. The molecule has 0 aromatic carbocycles. The number of carboxylic acids is 1. The summed E-state index contributed by atoms with van der Waals surface area (Å²) in [4.78, 5) is 24.2. The molecular weight excluding hydrogens is 280 g/mol. The van der Waals surface area contributed by atoms with E-state index in [1.165, 1.54) is 0 Å². The van der Waals surface area contributed by atoms with Crippen LogP contribution >= 0.6 is 15.9 Å². The molecule has 86 valence electrons. The Kier molecular flexibility index (Phi) is 4.36. The molecule has 16 heavy (non-hydrogen) atoms. The molecule has 1 unspecified atom stereocenters. The molecule has 0 aliphatic heterocycles. The van der Waals surface area contributed by atoms with E-state index in [0.29, 0.717) is 6.42 Å². The number of carbonyl (C=O) groups is 1. The van der Waals surface area contributed by atoms with Crippen molar-refractivity contribution in [1.82, 2.24) is 0 Å². The maximum Gasteiger partial charge on any atom is 0.333 e. The van der Waals surface area contributed by atoms with Crippen LogP contribution < -0.4 is 0 Å². The minimum atomic E-state index is -1.05. The van der Waals surface area contributed by atoms with Crippen molar-refractivity contribution < 1.29 is 14.8 Å². The summed E-state index contributed by atoms with van der Waals surface area (Å²) < 4.78 is 0. The first kappa shape index (κ1) is 12.6. The molecular formula is C9H9BrN2O4. The molecule has 1 atom stereocenters. The average molecular weight is 289 g/mol. The standard InChI is InChI=1S/C9H9BrN2O4/c10-6-1-2-8(7(5-6)9(13)14)11-3-4-12(15)16/h1-3,6H,4-5H2,(H,13,14). The zero-order valence-electron chi connectivity index (χ0n) is 8.17. The summed E-state index contributed by atoms with van der Waals surface area (Å²) in [5.41, 5.74) is 0.425. The van der Waals surface area contributed by atoms with Gasteiger partial charge in [0.25, 0.3) is 0 Å². The molecule has 6 nitrogen and oxygen atoms in total. The van der Waals surface area contributed by atoms with Crippen LogP contribution in [0.4, 0.5) is 0 Å². The Labute approximate surface area is 99.6 Å². The second-order valence-electron chi connectivity index (χ2n) is 3.08. The fourth-order valence-corrected chi connectivity index (χ4v) is 1.66. The molecule has 0 spiro atoms. The summed E-state index contributed by atoms with van der Waals surface area (Å²) in [6.07, 6.45) is 4.71. The predicted molar refractivity (Wildman–Crippen MR) is 61.5 cm³/mol. The number of nitro groups is 1. The molecule has 0 amide bonds. The van der Waals surface area contributed by atoms with E-state index in [4.69, 9.17) is 5.11 Å². The van der Waals surface area contributed by atoms with Gasteiger partial charge in [-0.25, -0.2) is 4.79 Å². The fourth-order valence-electron chi connectivity index (χ4n) is 1.19.